The molecule has 0 aliphatic rings. The Hall–Kier alpha value is -0.800. The molecule has 0 radical (unpaired) electrons. The van der Waals surface area contributed by atoms with Crippen LogP contribution < -0.4 is 5.32 Å². The maximum Gasteiger partial charge on any atom is 0.254 e. The highest BCUT2D eigenvalue weighted by atomic mass is 35.5. The maximum absolute atomic E-state index is 13.5. The second kappa shape index (κ2) is 6.95. The molecule has 18 heavy (non-hydrogen) atoms. The third-order valence-electron chi connectivity index (χ3n) is 2.71. The van der Waals surface area contributed by atoms with Crippen LogP contribution in [-0.4, -0.2) is 17.8 Å². The largest absolute Gasteiger partial charge is 0.349 e. The van der Waals surface area contributed by atoms with Gasteiger partial charge in [-0.2, -0.15) is 0 Å². The van der Waals surface area contributed by atoms with E-state index in [4.69, 9.17) is 23.2 Å². The number of rotatable bonds is 5. The lowest BCUT2D eigenvalue weighted by Crippen LogP contribution is -2.39. The smallest absolute Gasteiger partial charge is 0.254 e. The summed E-state index contributed by atoms with van der Waals surface area (Å²) in [7, 11) is 0. The maximum atomic E-state index is 13.5. The molecule has 0 aromatic heterocycles. The van der Waals surface area contributed by atoms with Crippen LogP contribution in [0.5, 0.6) is 0 Å². The van der Waals surface area contributed by atoms with Crippen LogP contribution in [0.3, 0.4) is 0 Å². The van der Waals surface area contributed by atoms with Crippen LogP contribution in [0, 0.1) is 11.7 Å². The molecule has 5 heteroatoms. The van der Waals surface area contributed by atoms with E-state index in [9.17, 15) is 9.18 Å². The van der Waals surface area contributed by atoms with Gasteiger partial charge in [-0.15, -0.1) is 11.6 Å². The van der Waals surface area contributed by atoms with Crippen LogP contribution in [0.1, 0.15) is 30.6 Å². The molecule has 1 rings (SSSR count). The van der Waals surface area contributed by atoms with Gasteiger partial charge in [-0.1, -0.05) is 25.4 Å². The van der Waals surface area contributed by atoms with Gasteiger partial charge >= 0.3 is 0 Å². The zero-order valence-electron chi connectivity index (χ0n) is 10.3. The Kier molecular flexibility index (Phi) is 5.89. The highest BCUT2D eigenvalue weighted by Crippen LogP contribution is 2.16. The number of amides is 1. The number of carbonyl (C=O) groups excluding carboxylic acids is 1. The molecule has 1 atom stereocenters. The molecule has 0 saturated carbocycles. The summed E-state index contributed by atoms with van der Waals surface area (Å²) in [5.41, 5.74) is -0.0391. The van der Waals surface area contributed by atoms with E-state index in [0.717, 1.165) is 0 Å². The van der Waals surface area contributed by atoms with Gasteiger partial charge in [0.1, 0.15) is 5.82 Å². The molecular formula is C13H16Cl2FNO. The molecule has 0 heterocycles. The van der Waals surface area contributed by atoms with Crippen molar-refractivity contribution in [2.45, 2.75) is 26.3 Å². The summed E-state index contributed by atoms with van der Waals surface area (Å²) in [6.45, 7) is 3.96. The second-order valence-electron chi connectivity index (χ2n) is 4.43. The lowest BCUT2D eigenvalue weighted by molar-refractivity contribution is 0.0921. The van der Waals surface area contributed by atoms with Crippen molar-refractivity contribution in [2.75, 3.05) is 5.88 Å². The van der Waals surface area contributed by atoms with Crippen molar-refractivity contribution in [2.24, 2.45) is 5.92 Å². The second-order valence-corrected chi connectivity index (χ2v) is 5.24. The molecule has 0 fully saturated rings. The van der Waals surface area contributed by atoms with Crippen LogP contribution in [0.2, 0.25) is 5.02 Å². The van der Waals surface area contributed by atoms with Crippen LogP contribution >= 0.6 is 23.2 Å². The predicted octanol–water partition coefficient (Wildman–Crippen LogP) is 3.86. The molecule has 0 saturated heterocycles. The highest BCUT2D eigenvalue weighted by molar-refractivity contribution is 6.31. The van der Waals surface area contributed by atoms with Gasteiger partial charge < -0.3 is 5.32 Å². The van der Waals surface area contributed by atoms with Gasteiger partial charge in [0.15, 0.2) is 0 Å². The molecule has 1 unspecified atom stereocenters. The zero-order valence-corrected chi connectivity index (χ0v) is 11.9. The van der Waals surface area contributed by atoms with Crippen molar-refractivity contribution < 1.29 is 9.18 Å². The van der Waals surface area contributed by atoms with E-state index in [0.29, 0.717) is 17.3 Å². The van der Waals surface area contributed by atoms with Crippen LogP contribution in [0.15, 0.2) is 18.2 Å². The predicted molar refractivity (Wildman–Crippen MR) is 72.8 cm³/mol. The normalized spacial score (nSPS) is 12.6. The molecule has 1 aromatic carbocycles. The quantitative estimate of drug-likeness (QED) is 0.820. The first-order valence-electron chi connectivity index (χ1n) is 5.77. The monoisotopic (exact) mass is 291 g/mol. The van der Waals surface area contributed by atoms with Crippen molar-refractivity contribution in [3.63, 3.8) is 0 Å². The van der Waals surface area contributed by atoms with E-state index >= 15 is 0 Å². The van der Waals surface area contributed by atoms with Gasteiger partial charge in [-0.25, -0.2) is 4.39 Å². The molecule has 1 amide bonds. The first-order chi connectivity index (χ1) is 8.45. The number of hydrogen-bond acceptors (Lipinski definition) is 1. The average Bonchev–Trinajstić information content (AvgIpc) is 2.31. The molecule has 2 nitrogen and oxygen atoms in total. The standard InChI is InChI=1S/C13H16Cl2FNO/c1-8(2)12(5-6-14)17-13(18)10-7-9(15)3-4-11(10)16/h3-4,7-8,12H,5-6H2,1-2H3,(H,17,18). The van der Waals surface area contributed by atoms with Crippen molar-refractivity contribution in [1.29, 1.82) is 0 Å². The Morgan fingerprint density at radius 1 is 1.44 bits per heavy atom. The van der Waals surface area contributed by atoms with E-state index in [1.54, 1.807) is 0 Å². The number of nitrogens with one attached hydrogen (secondary N) is 1. The average molecular weight is 292 g/mol. The van der Waals surface area contributed by atoms with E-state index in [1.165, 1.54) is 18.2 Å². The number of benzene rings is 1. The molecule has 0 aliphatic heterocycles. The first-order valence-corrected chi connectivity index (χ1v) is 6.68. The molecule has 1 aromatic rings. The third-order valence-corrected chi connectivity index (χ3v) is 3.17. The third kappa shape index (κ3) is 4.14. The van der Waals surface area contributed by atoms with Crippen LogP contribution in [0.4, 0.5) is 4.39 Å². The van der Waals surface area contributed by atoms with E-state index in [-0.39, 0.29) is 17.5 Å². The molecule has 1 N–H and O–H groups in total. The number of halogens is 3. The topological polar surface area (TPSA) is 29.1 Å². The summed E-state index contributed by atoms with van der Waals surface area (Å²) < 4.78 is 13.5. The molecule has 100 valence electrons. The lowest BCUT2D eigenvalue weighted by Gasteiger charge is -2.21. The summed E-state index contributed by atoms with van der Waals surface area (Å²) in [5, 5.41) is 3.11. The number of alkyl halides is 1. The van der Waals surface area contributed by atoms with Gasteiger partial charge in [-0.3, -0.25) is 4.79 Å². The lowest BCUT2D eigenvalue weighted by atomic mass is 10.0. The molecule has 0 aliphatic carbocycles. The summed E-state index contributed by atoms with van der Waals surface area (Å²) in [6, 6.07) is 3.84. The van der Waals surface area contributed by atoms with Crippen molar-refractivity contribution >= 4 is 29.1 Å². The van der Waals surface area contributed by atoms with Gasteiger partial charge in [0.2, 0.25) is 0 Å². The minimum absolute atomic E-state index is 0.0391. The fourth-order valence-electron chi connectivity index (χ4n) is 1.61. The summed E-state index contributed by atoms with van der Waals surface area (Å²) >= 11 is 11.4. The Balaban J connectivity index is 2.83. The van der Waals surface area contributed by atoms with Gasteiger partial charge in [0.25, 0.3) is 5.91 Å². The van der Waals surface area contributed by atoms with Crippen molar-refractivity contribution in [3.8, 4) is 0 Å². The van der Waals surface area contributed by atoms with E-state index in [1.807, 2.05) is 13.8 Å². The summed E-state index contributed by atoms with van der Waals surface area (Å²) in [6.07, 6.45) is 0.646. The van der Waals surface area contributed by atoms with Crippen molar-refractivity contribution in [1.82, 2.24) is 5.32 Å². The Bertz CT molecular complexity index is 423. The Labute approximate surface area is 116 Å². The number of hydrogen-bond donors (Lipinski definition) is 1. The van der Waals surface area contributed by atoms with E-state index in [2.05, 4.69) is 5.32 Å². The molecular weight excluding hydrogens is 276 g/mol. The van der Waals surface area contributed by atoms with Gasteiger partial charge in [-0.05, 0) is 30.5 Å². The number of carbonyl (C=O) groups is 1. The van der Waals surface area contributed by atoms with Crippen molar-refractivity contribution in [3.05, 3.63) is 34.6 Å². The fourth-order valence-corrected chi connectivity index (χ4v) is 2.01. The first kappa shape index (κ1) is 15.3. The zero-order chi connectivity index (χ0) is 13.7. The minimum atomic E-state index is -0.578. The summed E-state index contributed by atoms with van der Waals surface area (Å²) in [4.78, 5) is 12.0. The molecule has 0 bridgehead atoms. The van der Waals surface area contributed by atoms with Crippen LogP contribution in [0.25, 0.3) is 0 Å². The van der Waals surface area contributed by atoms with Gasteiger partial charge in [0, 0.05) is 16.9 Å². The molecule has 0 spiro atoms. The SMILES string of the molecule is CC(C)C(CCCl)NC(=O)c1cc(Cl)ccc1F. The summed E-state index contributed by atoms with van der Waals surface area (Å²) in [5.74, 6) is -0.361. The minimum Gasteiger partial charge on any atom is -0.349 e. The Morgan fingerprint density at radius 2 is 2.11 bits per heavy atom. The van der Waals surface area contributed by atoms with E-state index < -0.39 is 11.7 Å². The fraction of sp³-hybridized carbons (Fsp3) is 0.462. The Morgan fingerprint density at radius 3 is 2.67 bits per heavy atom. The van der Waals surface area contributed by atoms with Crippen LogP contribution in [-0.2, 0) is 0 Å². The van der Waals surface area contributed by atoms with Gasteiger partial charge in [0.05, 0.1) is 5.56 Å². The highest BCUT2D eigenvalue weighted by Gasteiger charge is 2.19.